The first-order chi connectivity index (χ1) is 14.2. The van der Waals surface area contributed by atoms with E-state index < -0.39 is 17.7 Å². The first-order valence-electron chi connectivity index (χ1n) is 9.67. The Labute approximate surface area is 187 Å². The van der Waals surface area contributed by atoms with Gasteiger partial charge in [0.25, 0.3) is 0 Å². The van der Waals surface area contributed by atoms with E-state index in [-0.39, 0.29) is 5.91 Å². The topological polar surface area (TPSA) is 140 Å². The van der Waals surface area contributed by atoms with E-state index in [9.17, 15) is 14.4 Å². The van der Waals surface area contributed by atoms with E-state index in [4.69, 9.17) is 9.53 Å². The van der Waals surface area contributed by atoms with Crippen molar-refractivity contribution in [3.05, 3.63) is 37.0 Å². The molecule has 0 aliphatic rings. The van der Waals surface area contributed by atoms with Crippen molar-refractivity contribution in [3.63, 3.8) is 0 Å². The van der Waals surface area contributed by atoms with Gasteiger partial charge in [0.1, 0.15) is 11.9 Å². The summed E-state index contributed by atoms with van der Waals surface area (Å²) in [6.07, 6.45) is 6.01. The van der Waals surface area contributed by atoms with Crippen molar-refractivity contribution in [2.45, 2.75) is 65.6 Å². The molecule has 0 radical (unpaired) electrons. The molecule has 180 valence electrons. The Hall–Kier alpha value is -2.94. The zero-order valence-electron chi connectivity index (χ0n) is 20.3. The van der Waals surface area contributed by atoms with Gasteiger partial charge in [-0.05, 0) is 39.8 Å². The van der Waals surface area contributed by atoms with Gasteiger partial charge in [-0.25, -0.2) is 4.79 Å². The average molecular weight is 443 g/mol. The quantitative estimate of drug-likeness (QED) is 0.336. The van der Waals surface area contributed by atoms with Crippen molar-refractivity contribution in [1.82, 2.24) is 16.0 Å². The van der Waals surface area contributed by atoms with Crippen molar-refractivity contribution < 1.29 is 23.9 Å². The summed E-state index contributed by atoms with van der Waals surface area (Å²) in [6.45, 7) is 18.0. The fourth-order valence-electron chi connectivity index (χ4n) is 1.22. The molecule has 1 unspecified atom stereocenters. The molecule has 0 aromatic carbocycles. The Bertz CT molecular complexity index is 549. The number of allylic oxidation sites excluding steroid dienone is 3. The Morgan fingerprint density at radius 3 is 1.77 bits per heavy atom. The summed E-state index contributed by atoms with van der Waals surface area (Å²) in [5.41, 5.74) is 4.70. The molecule has 0 aliphatic heterocycles. The first kappa shape index (κ1) is 35.5. The molecule has 0 aliphatic carbocycles. The second-order valence-electron chi connectivity index (χ2n) is 7.23. The van der Waals surface area contributed by atoms with Crippen LogP contribution in [-0.4, -0.2) is 56.5 Å². The summed E-state index contributed by atoms with van der Waals surface area (Å²) < 4.78 is 5.07. The number of ether oxygens (including phenoxy) is 1. The third-order valence-corrected chi connectivity index (χ3v) is 2.61. The van der Waals surface area contributed by atoms with Crippen LogP contribution in [0.2, 0.25) is 0 Å². The van der Waals surface area contributed by atoms with E-state index in [1.165, 1.54) is 6.92 Å². The maximum absolute atomic E-state index is 11.5. The Morgan fingerprint density at radius 1 is 1.13 bits per heavy atom. The lowest BCUT2D eigenvalue weighted by atomic mass is 10.1. The van der Waals surface area contributed by atoms with Crippen LogP contribution in [0.25, 0.3) is 0 Å². The Morgan fingerprint density at radius 2 is 1.55 bits per heavy atom. The lowest BCUT2D eigenvalue weighted by molar-refractivity contribution is -0.116. The molecule has 0 saturated heterocycles. The molecular formula is C22H42N4O5. The van der Waals surface area contributed by atoms with Crippen LogP contribution in [0.5, 0.6) is 0 Å². The molecule has 0 heterocycles. The van der Waals surface area contributed by atoms with E-state index in [0.29, 0.717) is 25.2 Å². The number of amides is 3. The van der Waals surface area contributed by atoms with Gasteiger partial charge in [0.2, 0.25) is 12.3 Å². The standard InChI is InChI=1S/C14H21NO3.C4H11N.2C2H5NO/c1-6-8-11(7-2)9-12(10-16)15-13(17)18-14(3,4)5;1-4(2)5-3;1-3-2-4;1-2(3)4/h6-8,10,12H,1-2,9H2,3-5H3,(H,15,17);4-5H,1-3H3;2H,1H3,(H,3,4);1H3,(H2,3,4)/b11-8+;;;. The predicted octanol–water partition coefficient (Wildman–Crippen LogP) is 2.24. The molecule has 0 rings (SSSR count). The van der Waals surface area contributed by atoms with Crippen molar-refractivity contribution >= 4 is 24.7 Å². The lowest BCUT2D eigenvalue weighted by Gasteiger charge is -2.21. The number of alkyl carbamates (subject to hydrolysis) is 1. The van der Waals surface area contributed by atoms with Crippen LogP contribution in [0.4, 0.5) is 4.79 Å². The van der Waals surface area contributed by atoms with Crippen LogP contribution in [0.1, 0.15) is 48.0 Å². The largest absolute Gasteiger partial charge is 0.444 e. The molecule has 9 nitrogen and oxygen atoms in total. The van der Waals surface area contributed by atoms with Gasteiger partial charge in [-0.15, -0.1) is 0 Å². The van der Waals surface area contributed by atoms with Crippen molar-refractivity contribution in [1.29, 1.82) is 0 Å². The van der Waals surface area contributed by atoms with Crippen LogP contribution < -0.4 is 21.7 Å². The minimum absolute atomic E-state index is 0.333. The molecule has 1 atom stereocenters. The van der Waals surface area contributed by atoms with E-state index >= 15 is 0 Å². The summed E-state index contributed by atoms with van der Waals surface area (Å²) in [4.78, 5) is 40.7. The number of nitrogens with two attached hydrogens (primary N) is 1. The average Bonchev–Trinajstić information content (AvgIpc) is 2.65. The molecular weight excluding hydrogens is 400 g/mol. The predicted molar refractivity (Wildman–Crippen MR) is 127 cm³/mol. The summed E-state index contributed by atoms with van der Waals surface area (Å²) in [6, 6.07) is -0.000880. The molecule has 0 bridgehead atoms. The maximum atomic E-state index is 11.5. The summed E-state index contributed by atoms with van der Waals surface area (Å²) in [7, 11) is 3.51. The van der Waals surface area contributed by atoms with E-state index in [0.717, 1.165) is 5.57 Å². The number of aldehydes is 1. The number of carbonyl (C=O) groups excluding carboxylic acids is 4. The fourth-order valence-corrected chi connectivity index (χ4v) is 1.22. The molecule has 0 spiro atoms. The molecule has 0 aromatic heterocycles. The minimum atomic E-state index is -0.635. The SMILES string of the molecule is C=C/C=C(\C=C)CC(C=O)NC(=O)OC(C)(C)C.CC(N)=O.CNC(C)C.CNC=O. The summed E-state index contributed by atoms with van der Waals surface area (Å²) in [5.74, 6) is -0.333. The number of rotatable bonds is 8. The minimum Gasteiger partial charge on any atom is -0.444 e. The number of hydrogen-bond donors (Lipinski definition) is 4. The van der Waals surface area contributed by atoms with Gasteiger partial charge < -0.3 is 31.2 Å². The van der Waals surface area contributed by atoms with E-state index in [2.05, 4.69) is 48.7 Å². The van der Waals surface area contributed by atoms with Gasteiger partial charge in [-0.2, -0.15) is 0 Å². The van der Waals surface area contributed by atoms with Crippen molar-refractivity contribution in [2.24, 2.45) is 5.73 Å². The lowest BCUT2D eigenvalue weighted by Crippen LogP contribution is -2.40. The van der Waals surface area contributed by atoms with Gasteiger partial charge in [-0.1, -0.05) is 45.2 Å². The summed E-state index contributed by atoms with van der Waals surface area (Å²) in [5, 5.41) is 7.77. The van der Waals surface area contributed by atoms with Gasteiger partial charge in [-0.3, -0.25) is 9.59 Å². The highest BCUT2D eigenvalue weighted by atomic mass is 16.6. The maximum Gasteiger partial charge on any atom is 0.408 e. The van der Waals surface area contributed by atoms with Gasteiger partial charge in [0, 0.05) is 20.0 Å². The monoisotopic (exact) mass is 442 g/mol. The van der Waals surface area contributed by atoms with Crippen molar-refractivity contribution in [2.75, 3.05) is 14.1 Å². The Balaban J connectivity index is -0.000000227. The first-order valence-corrected chi connectivity index (χ1v) is 9.67. The number of carbonyl (C=O) groups is 4. The van der Waals surface area contributed by atoms with E-state index in [1.54, 1.807) is 46.0 Å². The molecule has 5 N–H and O–H groups in total. The van der Waals surface area contributed by atoms with Crippen LogP contribution in [0.15, 0.2) is 37.0 Å². The zero-order valence-corrected chi connectivity index (χ0v) is 20.3. The van der Waals surface area contributed by atoms with Crippen LogP contribution in [-0.2, 0) is 19.1 Å². The normalized spacial score (nSPS) is 10.8. The van der Waals surface area contributed by atoms with Gasteiger partial charge in [0.05, 0.1) is 6.04 Å². The highest BCUT2D eigenvalue weighted by Gasteiger charge is 2.19. The molecule has 0 aromatic rings. The molecule has 0 fully saturated rings. The van der Waals surface area contributed by atoms with Crippen LogP contribution in [0, 0.1) is 0 Å². The molecule has 31 heavy (non-hydrogen) atoms. The van der Waals surface area contributed by atoms with Crippen molar-refractivity contribution in [3.8, 4) is 0 Å². The highest BCUT2D eigenvalue weighted by molar-refractivity contribution is 5.73. The Kier molecular flexibility index (Phi) is 26.7. The van der Waals surface area contributed by atoms with Gasteiger partial charge in [0.15, 0.2) is 0 Å². The second kappa shape index (κ2) is 23.3. The number of hydrogen-bond acceptors (Lipinski definition) is 6. The van der Waals surface area contributed by atoms with Gasteiger partial charge >= 0.3 is 6.09 Å². The van der Waals surface area contributed by atoms with Crippen LogP contribution in [0.3, 0.4) is 0 Å². The third kappa shape index (κ3) is 42.2. The zero-order chi connectivity index (χ0) is 25.5. The number of primary amides is 1. The smallest absolute Gasteiger partial charge is 0.408 e. The number of nitrogens with one attached hydrogen (secondary N) is 3. The third-order valence-electron chi connectivity index (χ3n) is 2.61. The molecule has 9 heteroatoms. The summed E-state index contributed by atoms with van der Waals surface area (Å²) >= 11 is 0. The molecule has 3 amide bonds. The second-order valence-corrected chi connectivity index (χ2v) is 7.23. The van der Waals surface area contributed by atoms with Crippen LogP contribution >= 0.6 is 0 Å². The highest BCUT2D eigenvalue weighted by Crippen LogP contribution is 2.09. The molecule has 0 saturated carbocycles. The van der Waals surface area contributed by atoms with E-state index in [1.807, 2.05) is 7.05 Å². The fraction of sp³-hybridized carbons (Fsp3) is 0.545.